The number of hydrogen-bond acceptors (Lipinski definition) is 4. The summed E-state index contributed by atoms with van der Waals surface area (Å²) in [6.45, 7) is 0. The van der Waals surface area contributed by atoms with E-state index in [0.29, 0.717) is 0 Å². The fourth-order valence-corrected chi connectivity index (χ4v) is 5.19. The molecule has 2 N–H and O–H groups in total. The number of hydrogen-bond donors (Lipinski definition) is 2. The first-order valence-corrected chi connectivity index (χ1v) is 11.2. The average Bonchev–Trinajstić information content (AvgIpc) is 3.27. The lowest BCUT2D eigenvalue weighted by atomic mass is 9.92. The number of para-hydroxylation sites is 1. The van der Waals surface area contributed by atoms with Crippen molar-refractivity contribution in [2.24, 2.45) is 0 Å². The predicted molar refractivity (Wildman–Crippen MR) is 129 cm³/mol. The molecular weight excluding hydrogens is 416 g/mol. The Labute approximate surface area is 188 Å². The second-order valence-corrected chi connectivity index (χ2v) is 8.66. The van der Waals surface area contributed by atoms with Gasteiger partial charge in [-0.2, -0.15) is 0 Å². The number of aromatic nitrogens is 2. The van der Waals surface area contributed by atoms with Crippen molar-refractivity contribution in [3.63, 3.8) is 0 Å². The Bertz CT molecular complexity index is 1470. The maximum atomic E-state index is 12.8. The number of nitrogens with zero attached hydrogens (tertiary/aromatic N) is 2. The standard InChI is InChI=1S/C26H18N4OS/c31-26-29-23(16-7-2-1-3-8-16)22(25-28-20-10-4-5-11-21(20)32-25)24(30-26)18-12-13-19-17(15-18)9-6-14-27-19/h1-15,24H,(H2,29,30,31). The van der Waals surface area contributed by atoms with Gasteiger partial charge in [-0.1, -0.05) is 54.6 Å². The number of carbonyl (C=O) groups is 1. The van der Waals surface area contributed by atoms with Crippen molar-refractivity contribution >= 4 is 49.8 Å². The van der Waals surface area contributed by atoms with Crippen LogP contribution in [-0.2, 0) is 0 Å². The molecule has 0 aliphatic carbocycles. The van der Waals surface area contributed by atoms with E-state index < -0.39 is 0 Å². The van der Waals surface area contributed by atoms with Crippen molar-refractivity contribution < 1.29 is 4.79 Å². The molecular formula is C26H18N4OS. The molecule has 2 aromatic heterocycles. The molecule has 5 nitrogen and oxygen atoms in total. The van der Waals surface area contributed by atoms with Crippen molar-refractivity contribution in [3.8, 4) is 0 Å². The number of carbonyl (C=O) groups excluding carboxylic acids is 1. The van der Waals surface area contributed by atoms with E-state index in [1.165, 1.54) is 0 Å². The second kappa shape index (κ2) is 7.59. The summed E-state index contributed by atoms with van der Waals surface area (Å²) in [6, 6.07) is 27.5. The van der Waals surface area contributed by atoms with Gasteiger partial charge in [-0.3, -0.25) is 4.98 Å². The second-order valence-electron chi connectivity index (χ2n) is 7.63. The molecule has 0 radical (unpaired) electrons. The number of urea groups is 1. The van der Waals surface area contributed by atoms with Crippen LogP contribution < -0.4 is 10.6 Å². The lowest BCUT2D eigenvalue weighted by molar-refractivity contribution is 0.242. The van der Waals surface area contributed by atoms with E-state index >= 15 is 0 Å². The fourth-order valence-electron chi connectivity index (χ4n) is 4.14. The van der Waals surface area contributed by atoms with Crippen LogP contribution in [0.4, 0.5) is 4.79 Å². The third kappa shape index (κ3) is 3.21. The van der Waals surface area contributed by atoms with E-state index in [1.54, 1.807) is 17.5 Å². The van der Waals surface area contributed by atoms with Gasteiger partial charge < -0.3 is 10.6 Å². The summed E-state index contributed by atoms with van der Waals surface area (Å²) < 4.78 is 1.11. The van der Waals surface area contributed by atoms with E-state index in [2.05, 4.69) is 27.8 Å². The third-order valence-corrected chi connectivity index (χ3v) is 6.69. The monoisotopic (exact) mass is 434 g/mol. The fraction of sp³-hybridized carbons (Fsp3) is 0.0385. The first-order valence-electron chi connectivity index (χ1n) is 10.3. The minimum Gasteiger partial charge on any atom is -0.327 e. The molecule has 3 aromatic carbocycles. The summed E-state index contributed by atoms with van der Waals surface area (Å²) in [7, 11) is 0. The van der Waals surface area contributed by atoms with Crippen molar-refractivity contribution in [2.75, 3.05) is 0 Å². The quantitative estimate of drug-likeness (QED) is 0.379. The molecule has 1 atom stereocenters. The zero-order valence-electron chi connectivity index (χ0n) is 16.9. The lowest BCUT2D eigenvalue weighted by Crippen LogP contribution is -2.42. The summed E-state index contributed by atoms with van der Waals surface area (Å²) >= 11 is 1.63. The van der Waals surface area contributed by atoms with Crippen LogP contribution in [0, 0.1) is 0 Å². The molecule has 0 fully saturated rings. The molecule has 1 unspecified atom stereocenters. The lowest BCUT2D eigenvalue weighted by Gasteiger charge is -2.30. The number of fused-ring (bicyclic) bond motifs is 2. The summed E-state index contributed by atoms with van der Waals surface area (Å²) in [5.41, 5.74) is 5.55. The number of rotatable bonds is 3. The van der Waals surface area contributed by atoms with Gasteiger partial charge in [-0.05, 0) is 41.5 Å². The average molecular weight is 435 g/mol. The van der Waals surface area contributed by atoms with Gasteiger partial charge in [0.25, 0.3) is 0 Å². The molecule has 0 saturated heterocycles. The number of amides is 2. The highest BCUT2D eigenvalue weighted by molar-refractivity contribution is 7.19. The van der Waals surface area contributed by atoms with Crippen LogP contribution in [0.3, 0.4) is 0 Å². The minimum atomic E-state index is -0.343. The molecule has 1 aliphatic heterocycles. The van der Waals surface area contributed by atoms with Crippen LogP contribution in [0.15, 0.2) is 91.1 Å². The molecule has 32 heavy (non-hydrogen) atoms. The van der Waals surface area contributed by atoms with Crippen molar-refractivity contribution in [1.82, 2.24) is 20.6 Å². The molecule has 6 rings (SSSR count). The van der Waals surface area contributed by atoms with Crippen LogP contribution in [0.1, 0.15) is 22.2 Å². The Hall–Kier alpha value is -4.03. The molecule has 0 saturated carbocycles. The SMILES string of the molecule is O=C1NC(c2ccccc2)=C(c2nc3ccccc3s2)C(c2ccc3ncccc3c2)N1. The molecule has 154 valence electrons. The van der Waals surface area contributed by atoms with Gasteiger partial charge in [0.2, 0.25) is 0 Å². The maximum Gasteiger partial charge on any atom is 0.320 e. The molecule has 2 amide bonds. The number of pyridine rings is 1. The van der Waals surface area contributed by atoms with Gasteiger partial charge in [0.15, 0.2) is 0 Å². The Morgan fingerprint density at radius 1 is 0.844 bits per heavy atom. The van der Waals surface area contributed by atoms with Crippen molar-refractivity contribution in [2.45, 2.75) is 6.04 Å². The molecule has 0 spiro atoms. The Balaban J connectivity index is 1.61. The molecule has 5 aromatic rings. The number of thiazole rings is 1. The van der Waals surface area contributed by atoms with Gasteiger partial charge >= 0.3 is 6.03 Å². The smallest absolute Gasteiger partial charge is 0.320 e. The van der Waals surface area contributed by atoms with Crippen LogP contribution in [0.5, 0.6) is 0 Å². The molecule has 0 bridgehead atoms. The van der Waals surface area contributed by atoms with E-state index in [4.69, 9.17) is 4.98 Å². The highest BCUT2D eigenvalue weighted by Crippen LogP contribution is 2.41. The van der Waals surface area contributed by atoms with Crippen LogP contribution in [-0.4, -0.2) is 16.0 Å². The van der Waals surface area contributed by atoms with Gasteiger partial charge in [-0.25, -0.2) is 9.78 Å². The topological polar surface area (TPSA) is 66.9 Å². The van der Waals surface area contributed by atoms with Gasteiger partial charge in [-0.15, -0.1) is 11.3 Å². The van der Waals surface area contributed by atoms with E-state index in [1.807, 2.05) is 72.8 Å². The largest absolute Gasteiger partial charge is 0.327 e. The summed E-state index contributed by atoms with van der Waals surface area (Å²) in [5, 5.41) is 8.09. The first-order chi connectivity index (χ1) is 15.8. The molecule has 1 aliphatic rings. The first kappa shape index (κ1) is 18.7. The predicted octanol–water partition coefficient (Wildman–Crippen LogP) is 5.77. The Morgan fingerprint density at radius 3 is 2.56 bits per heavy atom. The van der Waals surface area contributed by atoms with E-state index in [-0.39, 0.29) is 12.1 Å². The zero-order valence-corrected chi connectivity index (χ0v) is 17.8. The van der Waals surface area contributed by atoms with Crippen LogP contribution >= 0.6 is 11.3 Å². The number of benzene rings is 3. The van der Waals surface area contributed by atoms with Crippen LogP contribution in [0.25, 0.3) is 32.4 Å². The summed E-state index contributed by atoms with van der Waals surface area (Å²) in [5.74, 6) is 0. The Morgan fingerprint density at radius 2 is 1.69 bits per heavy atom. The van der Waals surface area contributed by atoms with Crippen molar-refractivity contribution in [1.29, 1.82) is 0 Å². The highest BCUT2D eigenvalue weighted by atomic mass is 32.1. The van der Waals surface area contributed by atoms with Crippen molar-refractivity contribution in [3.05, 3.63) is 107 Å². The number of nitrogens with one attached hydrogen (secondary N) is 2. The van der Waals surface area contributed by atoms with Gasteiger partial charge in [0, 0.05) is 17.2 Å². The van der Waals surface area contributed by atoms with Gasteiger partial charge in [0.05, 0.1) is 27.5 Å². The van der Waals surface area contributed by atoms with Gasteiger partial charge in [0.1, 0.15) is 5.01 Å². The minimum absolute atomic E-state index is 0.231. The van der Waals surface area contributed by atoms with E-state index in [0.717, 1.165) is 48.5 Å². The zero-order chi connectivity index (χ0) is 21.5. The summed E-state index contributed by atoms with van der Waals surface area (Å²) in [6.07, 6.45) is 1.79. The summed E-state index contributed by atoms with van der Waals surface area (Å²) in [4.78, 5) is 22.1. The molecule has 3 heterocycles. The van der Waals surface area contributed by atoms with E-state index in [9.17, 15) is 4.79 Å². The Kier molecular flexibility index (Phi) is 4.44. The normalized spacial score (nSPS) is 16.2. The van der Waals surface area contributed by atoms with Crippen LogP contribution in [0.2, 0.25) is 0 Å². The third-order valence-electron chi connectivity index (χ3n) is 5.62. The molecule has 6 heteroatoms. The highest BCUT2D eigenvalue weighted by Gasteiger charge is 2.32. The maximum absolute atomic E-state index is 12.8.